The van der Waals surface area contributed by atoms with Gasteiger partial charge in [-0.25, -0.2) is 4.98 Å². The van der Waals surface area contributed by atoms with Crippen LogP contribution < -0.4 is 27.2 Å². The third-order valence-corrected chi connectivity index (χ3v) is 5.00. The Morgan fingerprint density at radius 3 is 2.47 bits per heavy atom. The molecule has 2 aromatic carbocycles. The lowest BCUT2D eigenvalue weighted by Gasteiger charge is -2.19. The van der Waals surface area contributed by atoms with Crippen molar-refractivity contribution in [3.63, 3.8) is 0 Å². The van der Waals surface area contributed by atoms with Crippen LogP contribution in [0.5, 0.6) is 0 Å². The van der Waals surface area contributed by atoms with Crippen LogP contribution in [0, 0.1) is 0 Å². The number of amides is 1. The molecule has 0 spiro atoms. The second-order valence-electron chi connectivity index (χ2n) is 8.23. The zero-order valence-corrected chi connectivity index (χ0v) is 17.2. The van der Waals surface area contributed by atoms with Crippen LogP contribution in [0.1, 0.15) is 42.3 Å². The highest BCUT2D eigenvalue weighted by Crippen LogP contribution is 2.28. The highest BCUT2D eigenvalue weighted by Gasteiger charge is 2.19. The SMILES string of the molecule is CC(C)(C)c1ccc(Nc2nc(Nc3ccc4c(c3)CNC4=O)ncc2NN)cc1. The van der Waals surface area contributed by atoms with Gasteiger partial charge in [-0.15, -0.1) is 0 Å². The first kappa shape index (κ1) is 19.7. The van der Waals surface area contributed by atoms with E-state index in [1.807, 2.05) is 24.3 Å². The molecule has 4 rings (SSSR count). The van der Waals surface area contributed by atoms with Gasteiger partial charge in [0.1, 0.15) is 5.69 Å². The lowest BCUT2D eigenvalue weighted by Crippen LogP contribution is -2.12. The van der Waals surface area contributed by atoms with Crippen molar-refractivity contribution in [2.75, 3.05) is 16.1 Å². The maximum Gasteiger partial charge on any atom is 0.251 e. The maximum absolute atomic E-state index is 11.7. The van der Waals surface area contributed by atoms with Gasteiger partial charge in [0, 0.05) is 23.5 Å². The molecule has 0 fully saturated rings. The van der Waals surface area contributed by atoms with Gasteiger partial charge in [0.2, 0.25) is 5.95 Å². The number of rotatable bonds is 5. The summed E-state index contributed by atoms with van der Waals surface area (Å²) < 4.78 is 0. The van der Waals surface area contributed by atoms with Gasteiger partial charge in [-0.3, -0.25) is 10.6 Å². The van der Waals surface area contributed by atoms with Crippen LogP contribution in [0.15, 0.2) is 48.7 Å². The minimum Gasteiger partial charge on any atom is -0.348 e. The molecular formula is C22H25N7O. The van der Waals surface area contributed by atoms with Gasteiger partial charge in [-0.05, 0) is 46.9 Å². The summed E-state index contributed by atoms with van der Waals surface area (Å²) in [6.45, 7) is 7.06. The number of carbonyl (C=O) groups is 1. The van der Waals surface area contributed by atoms with Crippen molar-refractivity contribution >= 4 is 34.7 Å². The number of fused-ring (bicyclic) bond motifs is 1. The Balaban J connectivity index is 1.56. The van der Waals surface area contributed by atoms with Crippen LogP contribution in [0.25, 0.3) is 0 Å². The van der Waals surface area contributed by atoms with E-state index >= 15 is 0 Å². The van der Waals surface area contributed by atoms with Gasteiger partial charge < -0.3 is 21.4 Å². The lowest BCUT2D eigenvalue weighted by atomic mass is 9.87. The Labute approximate surface area is 175 Å². The van der Waals surface area contributed by atoms with E-state index in [2.05, 4.69) is 64.2 Å². The van der Waals surface area contributed by atoms with Gasteiger partial charge >= 0.3 is 0 Å². The van der Waals surface area contributed by atoms with E-state index in [1.165, 1.54) is 5.56 Å². The van der Waals surface area contributed by atoms with E-state index in [1.54, 1.807) is 12.3 Å². The van der Waals surface area contributed by atoms with E-state index in [0.29, 0.717) is 29.6 Å². The highest BCUT2D eigenvalue weighted by atomic mass is 16.1. The molecule has 1 aliphatic rings. The van der Waals surface area contributed by atoms with Crippen LogP contribution in [-0.4, -0.2) is 15.9 Å². The van der Waals surface area contributed by atoms with E-state index in [-0.39, 0.29) is 11.3 Å². The van der Waals surface area contributed by atoms with Crippen molar-refractivity contribution in [2.24, 2.45) is 5.84 Å². The molecule has 8 heteroatoms. The Kier molecular flexibility index (Phi) is 5.01. The number of aromatic nitrogens is 2. The second kappa shape index (κ2) is 7.64. The highest BCUT2D eigenvalue weighted by molar-refractivity contribution is 5.98. The average molecular weight is 403 g/mol. The number of nitrogens with two attached hydrogens (primary N) is 1. The Hall–Kier alpha value is -3.65. The average Bonchev–Trinajstić information content (AvgIpc) is 3.08. The van der Waals surface area contributed by atoms with Gasteiger partial charge in [0.25, 0.3) is 5.91 Å². The largest absolute Gasteiger partial charge is 0.348 e. The quantitative estimate of drug-likeness (QED) is 0.325. The summed E-state index contributed by atoms with van der Waals surface area (Å²) in [7, 11) is 0. The van der Waals surface area contributed by atoms with Crippen LogP contribution in [0.4, 0.5) is 28.8 Å². The van der Waals surface area contributed by atoms with E-state index in [9.17, 15) is 4.79 Å². The molecule has 0 unspecified atom stereocenters. The number of nitrogens with one attached hydrogen (secondary N) is 4. The topological polar surface area (TPSA) is 117 Å². The number of anilines is 5. The molecule has 0 saturated heterocycles. The Morgan fingerprint density at radius 2 is 1.77 bits per heavy atom. The normalized spacial score (nSPS) is 12.9. The number of nitrogens with zero attached hydrogens (tertiary/aromatic N) is 2. The standard InChI is InChI=1S/C22H25N7O/c1-22(2,3)14-4-6-15(7-5-14)26-19-18(29-23)12-25-21(28-19)27-16-8-9-17-13(10-16)11-24-20(17)30/h4-10,12,29H,11,23H2,1-3H3,(H,24,30)(H2,25,26,27,28). The molecule has 1 aliphatic heterocycles. The van der Waals surface area contributed by atoms with E-state index in [0.717, 1.165) is 16.9 Å². The minimum atomic E-state index is -0.0462. The zero-order valence-electron chi connectivity index (χ0n) is 17.2. The molecule has 0 bridgehead atoms. The summed E-state index contributed by atoms with van der Waals surface area (Å²) in [5, 5.41) is 9.28. The fourth-order valence-corrected chi connectivity index (χ4v) is 3.27. The van der Waals surface area contributed by atoms with Crippen LogP contribution in [0.3, 0.4) is 0 Å². The zero-order chi connectivity index (χ0) is 21.3. The molecule has 0 atom stereocenters. The van der Waals surface area contributed by atoms with E-state index < -0.39 is 0 Å². The van der Waals surface area contributed by atoms with Crippen molar-refractivity contribution in [3.8, 4) is 0 Å². The van der Waals surface area contributed by atoms with Crippen LogP contribution in [0.2, 0.25) is 0 Å². The van der Waals surface area contributed by atoms with Crippen LogP contribution in [-0.2, 0) is 12.0 Å². The first-order chi connectivity index (χ1) is 14.3. The molecule has 1 amide bonds. The molecule has 1 aromatic heterocycles. The van der Waals surface area contributed by atoms with Gasteiger partial charge in [0.15, 0.2) is 5.82 Å². The molecular weight excluding hydrogens is 378 g/mol. The molecule has 8 nitrogen and oxygen atoms in total. The number of hydrogen-bond acceptors (Lipinski definition) is 7. The van der Waals surface area contributed by atoms with Gasteiger partial charge in [0.05, 0.1) is 6.20 Å². The molecule has 6 N–H and O–H groups in total. The summed E-state index contributed by atoms with van der Waals surface area (Å²) in [5.41, 5.74) is 7.88. The molecule has 2 heterocycles. The Bertz CT molecular complexity index is 1090. The molecule has 0 aliphatic carbocycles. The molecule has 154 valence electrons. The molecule has 3 aromatic rings. The first-order valence-corrected chi connectivity index (χ1v) is 9.73. The number of carbonyl (C=O) groups excluding carboxylic acids is 1. The number of benzene rings is 2. The lowest BCUT2D eigenvalue weighted by molar-refractivity contribution is 0.0966. The van der Waals surface area contributed by atoms with Crippen molar-refractivity contribution in [1.29, 1.82) is 0 Å². The van der Waals surface area contributed by atoms with Crippen molar-refractivity contribution in [1.82, 2.24) is 15.3 Å². The summed E-state index contributed by atoms with van der Waals surface area (Å²) >= 11 is 0. The number of nitrogen functional groups attached to an aromatic ring is 1. The number of hydrogen-bond donors (Lipinski definition) is 5. The molecule has 30 heavy (non-hydrogen) atoms. The maximum atomic E-state index is 11.7. The van der Waals surface area contributed by atoms with Gasteiger partial charge in [-0.1, -0.05) is 32.9 Å². The summed E-state index contributed by atoms with van der Waals surface area (Å²) in [6, 6.07) is 13.8. The minimum absolute atomic E-state index is 0.0462. The summed E-state index contributed by atoms with van der Waals surface area (Å²) in [5.74, 6) is 6.56. The smallest absolute Gasteiger partial charge is 0.251 e. The molecule has 0 saturated carbocycles. The third-order valence-electron chi connectivity index (χ3n) is 5.00. The van der Waals surface area contributed by atoms with E-state index in [4.69, 9.17) is 5.84 Å². The number of hydrazine groups is 1. The second-order valence-corrected chi connectivity index (χ2v) is 8.23. The summed E-state index contributed by atoms with van der Waals surface area (Å²) in [6.07, 6.45) is 1.61. The summed E-state index contributed by atoms with van der Waals surface area (Å²) in [4.78, 5) is 20.6. The predicted molar refractivity (Wildman–Crippen MR) is 119 cm³/mol. The molecule has 0 radical (unpaired) electrons. The van der Waals surface area contributed by atoms with Crippen LogP contribution >= 0.6 is 0 Å². The van der Waals surface area contributed by atoms with Crippen molar-refractivity contribution < 1.29 is 4.79 Å². The predicted octanol–water partition coefficient (Wildman–Crippen LogP) is 3.79. The van der Waals surface area contributed by atoms with Gasteiger partial charge in [-0.2, -0.15) is 4.98 Å². The third kappa shape index (κ3) is 4.04. The van der Waals surface area contributed by atoms with Crippen molar-refractivity contribution in [3.05, 3.63) is 65.4 Å². The Morgan fingerprint density at radius 1 is 1.03 bits per heavy atom. The fraction of sp³-hybridized carbons (Fsp3) is 0.227. The monoisotopic (exact) mass is 403 g/mol. The first-order valence-electron chi connectivity index (χ1n) is 9.73. The fourth-order valence-electron chi connectivity index (χ4n) is 3.27. The van der Waals surface area contributed by atoms with Crippen molar-refractivity contribution in [2.45, 2.75) is 32.7 Å².